The van der Waals surface area contributed by atoms with Crippen molar-refractivity contribution in [3.63, 3.8) is 0 Å². The lowest BCUT2D eigenvalue weighted by Crippen LogP contribution is -2.55. The molecule has 4 N–H and O–H groups in total. The molecule has 114 valence electrons. The van der Waals surface area contributed by atoms with Crippen molar-refractivity contribution in [1.82, 2.24) is 15.2 Å². The molecule has 7 nitrogen and oxygen atoms in total. The molecule has 0 bridgehead atoms. The second-order valence-electron chi connectivity index (χ2n) is 5.43. The molecule has 1 aromatic heterocycles. The highest BCUT2D eigenvalue weighted by Gasteiger charge is 2.30. The van der Waals surface area contributed by atoms with Gasteiger partial charge in [-0.05, 0) is 25.0 Å². The predicted molar refractivity (Wildman–Crippen MR) is 79.6 cm³/mol. The number of nitrogen functional groups attached to an aromatic ring is 1. The van der Waals surface area contributed by atoms with Crippen LogP contribution in [0.15, 0.2) is 12.1 Å². The van der Waals surface area contributed by atoms with Gasteiger partial charge in [0, 0.05) is 24.3 Å². The number of nitrogens with zero attached hydrogens (tertiary/aromatic N) is 2. The van der Waals surface area contributed by atoms with Crippen LogP contribution in [0.5, 0.6) is 0 Å². The Bertz CT molecular complexity index is 558. The lowest BCUT2D eigenvalue weighted by atomic mass is 10.1. The molecule has 1 atom stereocenters. The van der Waals surface area contributed by atoms with E-state index in [1.54, 1.807) is 24.0 Å². The smallest absolute Gasteiger partial charge is 0.254 e. The molecular weight excluding hydrogens is 270 g/mol. The number of nitrogens with two attached hydrogens (primary N) is 1. The average molecular weight is 291 g/mol. The standard InChI is InChI=1S/C14H21N5O2/c1-8(2)11-6-10(7-12(17-11)18-15)14(21)19-5-4-16-13(20)9(19)3/h6-9H,4-5,15H2,1-3H3,(H,16,20)(H,17,18). The topological polar surface area (TPSA) is 100 Å². The summed E-state index contributed by atoms with van der Waals surface area (Å²) in [6.45, 7) is 6.68. The number of carbonyl (C=O) groups is 2. The van der Waals surface area contributed by atoms with Gasteiger partial charge < -0.3 is 15.6 Å². The quantitative estimate of drug-likeness (QED) is 0.554. The van der Waals surface area contributed by atoms with E-state index in [0.29, 0.717) is 24.5 Å². The summed E-state index contributed by atoms with van der Waals surface area (Å²) in [6, 6.07) is 2.89. The fourth-order valence-electron chi connectivity index (χ4n) is 2.27. The van der Waals surface area contributed by atoms with Crippen molar-refractivity contribution >= 4 is 17.6 Å². The predicted octanol–water partition coefficient (Wildman–Crippen LogP) is 0.451. The van der Waals surface area contributed by atoms with Crippen LogP contribution in [-0.2, 0) is 4.79 Å². The van der Waals surface area contributed by atoms with E-state index in [-0.39, 0.29) is 17.7 Å². The van der Waals surface area contributed by atoms with Crippen LogP contribution in [0.2, 0.25) is 0 Å². The molecule has 0 spiro atoms. The SMILES string of the molecule is CC(C)c1cc(C(=O)N2CCNC(=O)C2C)cc(NN)n1. The average Bonchev–Trinajstić information content (AvgIpc) is 2.48. The maximum atomic E-state index is 12.6. The summed E-state index contributed by atoms with van der Waals surface area (Å²) < 4.78 is 0. The summed E-state index contributed by atoms with van der Waals surface area (Å²) in [6.07, 6.45) is 0. The number of anilines is 1. The molecule has 0 radical (unpaired) electrons. The van der Waals surface area contributed by atoms with Crippen molar-refractivity contribution in [3.05, 3.63) is 23.4 Å². The number of rotatable bonds is 3. The molecule has 1 fully saturated rings. The monoisotopic (exact) mass is 291 g/mol. The van der Waals surface area contributed by atoms with Gasteiger partial charge in [0.05, 0.1) is 0 Å². The highest BCUT2D eigenvalue weighted by molar-refractivity contribution is 5.98. The van der Waals surface area contributed by atoms with Crippen molar-refractivity contribution in [2.45, 2.75) is 32.7 Å². The molecule has 0 aliphatic carbocycles. The first kappa shape index (κ1) is 15.2. The van der Waals surface area contributed by atoms with Gasteiger partial charge in [-0.1, -0.05) is 13.8 Å². The van der Waals surface area contributed by atoms with Crippen molar-refractivity contribution < 1.29 is 9.59 Å². The van der Waals surface area contributed by atoms with Crippen LogP contribution in [0.3, 0.4) is 0 Å². The Hall–Kier alpha value is -2.15. The zero-order valence-electron chi connectivity index (χ0n) is 12.5. The maximum absolute atomic E-state index is 12.6. The molecule has 7 heteroatoms. The van der Waals surface area contributed by atoms with Crippen molar-refractivity contribution in [3.8, 4) is 0 Å². The highest BCUT2D eigenvalue weighted by Crippen LogP contribution is 2.19. The molecule has 1 unspecified atom stereocenters. The molecule has 2 heterocycles. The van der Waals surface area contributed by atoms with Gasteiger partial charge in [0.1, 0.15) is 11.9 Å². The van der Waals surface area contributed by atoms with E-state index in [0.717, 1.165) is 5.69 Å². The van der Waals surface area contributed by atoms with E-state index in [1.165, 1.54) is 0 Å². The van der Waals surface area contributed by atoms with Crippen LogP contribution in [0.25, 0.3) is 0 Å². The molecule has 1 aliphatic rings. The fourth-order valence-corrected chi connectivity index (χ4v) is 2.27. The molecule has 0 aromatic carbocycles. The van der Waals surface area contributed by atoms with Crippen LogP contribution in [0.1, 0.15) is 42.7 Å². The lowest BCUT2D eigenvalue weighted by Gasteiger charge is -2.33. The van der Waals surface area contributed by atoms with E-state index >= 15 is 0 Å². The molecule has 21 heavy (non-hydrogen) atoms. The second kappa shape index (κ2) is 6.09. The first-order valence-corrected chi connectivity index (χ1v) is 7.01. The Morgan fingerprint density at radius 3 is 2.86 bits per heavy atom. The molecule has 2 rings (SSSR count). The number of hydrogen-bond donors (Lipinski definition) is 3. The molecular formula is C14H21N5O2. The first-order chi connectivity index (χ1) is 9.93. The number of piperazine rings is 1. The van der Waals surface area contributed by atoms with Gasteiger partial charge in [-0.25, -0.2) is 10.8 Å². The number of hydrazine groups is 1. The molecule has 0 saturated carbocycles. The zero-order valence-corrected chi connectivity index (χ0v) is 12.5. The van der Waals surface area contributed by atoms with Crippen LogP contribution in [0, 0.1) is 0 Å². The fraction of sp³-hybridized carbons (Fsp3) is 0.500. The minimum Gasteiger partial charge on any atom is -0.353 e. The van der Waals surface area contributed by atoms with Gasteiger partial charge in [-0.3, -0.25) is 9.59 Å². The molecule has 1 aliphatic heterocycles. The van der Waals surface area contributed by atoms with Crippen LogP contribution in [0.4, 0.5) is 5.82 Å². The summed E-state index contributed by atoms with van der Waals surface area (Å²) in [5.74, 6) is 5.71. The Kier molecular flexibility index (Phi) is 4.42. The number of aromatic nitrogens is 1. The molecule has 1 saturated heterocycles. The minimum atomic E-state index is -0.476. The van der Waals surface area contributed by atoms with Crippen molar-refractivity contribution in [2.24, 2.45) is 5.84 Å². The number of hydrogen-bond acceptors (Lipinski definition) is 5. The number of pyridine rings is 1. The third kappa shape index (κ3) is 3.13. The van der Waals surface area contributed by atoms with Crippen LogP contribution in [-0.4, -0.2) is 40.8 Å². The number of nitrogens with one attached hydrogen (secondary N) is 2. The number of amides is 2. The Morgan fingerprint density at radius 1 is 1.52 bits per heavy atom. The largest absolute Gasteiger partial charge is 0.353 e. The maximum Gasteiger partial charge on any atom is 0.254 e. The van der Waals surface area contributed by atoms with Crippen molar-refractivity contribution in [1.29, 1.82) is 0 Å². The third-order valence-electron chi connectivity index (χ3n) is 3.59. The van der Waals surface area contributed by atoms with E-state index in [9.17, 15) is 9.59 Å². The Balaban J connectivity index is 2.33. The second-order valence-corrected chi connectivity index (χ2v) is 5.43. The number of carbonyl (C=O) groups excluding carboxylic acids is 2. The Labute approximate surface area is 123 Å². The normalized spacial score (nSPS) is 18.6. The van der Waals surface area contributed by atoms with Gasteiger partial charge in [0.15, 0.2) is 0 Å². The highest BCUT2D eigenvalue weighted by atomic mass is 16.2. The van der Waals surface area contributed by atoms with Gasteiger partial charge in [-0.2, -0.15) is 0 Å². The summed E-state index contributed by atoms with van der Waals surface area (Å²) >= 11 is 0. The van der Waals surface area contributed by atoms with E-state index < -0.39 is 6.04 Å². The summed E-state index contributed by atoms with van der Waals surface area (Å²) in [5.41, 5.74) is 3.75. The Morgan fingerprint density at radius 2 is 2.24 bits per heavy atom. The van der Waals surface area contributed by atoms with Crippen LogP contribution < -0.4 is 16.6 Å². The van der Waals surface area contributed by atoms with Crippen molar-refractivity contribution in [2.75, 3.05) is 18.5 Å². The van der Waals surface area contributed by atoms with E-state index in [2.05, 4.69) is 15.7 Å². The molecule has 2 amide bonds. The minimum absolute atomic E-state index is 0.134. The first-order valence-electron chi connectivity index (χ1n) is 7.01. The zero-order chi connectivity index (χ0) is 15.6. The summed E-state index contributed by atoms with van der Waals surface area (Å²) in [4.78, 5) is 30.2. The van der Waals surface area contributed by atoms with E-state index in [1.807, 2.05) is 13.8 Å². The van der Waals surface area contributed by atoms with Crippen LogP contribution >= 0.6 is 0 Å². The van der Waals surface area contributed by atoms with Gasteiger partial charge >= 0.3 is 0 Å². The lowest BCUT2D eigenvalue weighted by molar-refractivity contribution is -0.127. The molecule has 1 aromatic rings. The third-order valence-corrected chi connectivity index (χ3v) is 3.59. The van der Waals surface area contributed by atoms with Gasteiger partial charge in [0.2, 0.25) is 5.91 Å². The van der Waals surface area contributed by atoms with Gasteiger partial charge in [-0.15, -0.1) is 0 Å². The summed E-state index contributed by atoms with van der Waals surface area (Å²) in [5, 5.41) is 2.74. The van der Waals surface area contributed by atoms with Gasteiger partial charge in [0.25, 0.3) is 5.91 Å². The summed E-state index contributed by atoms with van der Waals surface area (Å²) in [7, 11) is 0. The van der Waals surface area contributed by atoms with E-state index in [4.69, 9.17) is 5.84 Å².